The van der Waals surface area contributed by atoms with Gasteiger partial charge in [-0.25, -0.2) is 9.13 Å². The van der Waals surface area contributed by atoms with Gasteiger partial charge in [-0.3, -0.25) is 0 Å². The van der Waals surface area contributed by atoms with Crippen LogP contribution in [0.5, 0.6) is 0 Å². The highest BCUT2D eigenvalue weighted by atomic mass is 15.1. The molecule has 0 unspecified atom stereocenters. The lowest BCUT2D eigenvalue weighted by Crippen LogP contribution is -2.23. The number of fused-ring (bicyclic) bond motifs is 11. The van der Waals surface area contributed by atoms with Gasteiger partial charge in [-0.15, -0.1) is 0 Å². The quantitative estimate of drug-likeness (QED) is 0.266. The SMILES string of the molecule is C[n+]1cc2n(c1)-c1cc3c(cc1-c1ccccc1C2)c1ccccc1c1c[n+](C)cn31. The molecule has 0 bridgehead atoms. The maximum atomic E-state index is 2.40. The molecule has 0 amide bonds. The van der Waals surface area contributed by atoms with Crippen LogP contribution in [0.2, 0.25) is 0 Å². The first-order chi connectivity index (χ1) is 15.2. The first-order valence-corrected chi connectivity index (χ1v) is 10.7. The van der Waals surface area contributed by atoms with Crippen LogP contribution in [0.15, 0.2) is 85.7 Å². The van der Waals surface area contributed by atoms with Gasteiger partial charge in [0, 0.05) is 28.8 Å². The van der Waals surface area contributed by atoms with Crippen LogP contribution >= 0.6 is 0 Å². The summed E-state index contributed by atoms with van der Waals surface area (Å²) in [5.41, 5.74) is 9.00. The molecule has 0 saturated carbocycles. The van der Waals surface area contributed by atoms with Crippen LogP contribution in [-0.2, 0) is 20.5 Å². The molecule has 4 heteroatoms. The molecule has 0 radical (unpaired) electrons. The number of nitrogens with zero attached hydrogens (tertiary/aromatic N) is 4. The summed E-state index contributed by atoms with van der Waals surface area (Å²) >= 11 is 0. The fraction of sp³-hybridized carbons (Fsp3) is 0.111. The highest BCUT2D eigenvalue weighted by Gasteiger charge is 2.27. The van der Waals surface area contributed by atoms with Crippen LogP contribution in [-0.4, -0.2) is 8.97 Å². The molecule has 1 aliphatic rings. The van der Waals surface area contributed by atoms with Gasteiger partial charge in [0.2, 0.25) is 12.7 Å². The molecule has 0 atom stereocenters. The largest absolute Gasteiger partial charge is 0.249 e. The summed E-state index contributed by atoms with van der Waals surface area (Å²) in [6.45, 7) is 0. The monoisotopic (exact) mass is 402 g/mol. The van der Waals surface area contributed by atoms with Crippen molar-refractivity contribution in [2.75, 3.05) is 0 Å². The summed E-state index contributed by atoms with van der Waals surface area (Å²) in [6, 6.07) is 22.4. The molecule has 0 aliphatic carbocycles. The molecule has 0 saturated heterocycles. The number of pyridine rings is 1. The lowest BCUT2D eigenvalue weighted by Gasteiger charge is -2.11. The highest BCUT2D eigenvalue weighted by molar-refractivity contribution is 6.14. The fourth-order valence-electron chi connectivity index (χ4n) is 5.34. The summed E-state index contributed by atoms with van der Waals surface area (Å²) in [4.78, 5) is 0. The minimum Gasteiger partial charge on any atom is -0.239 e. The summed E-state index contributed by atoms with van der Waals surface area (Å²) in [6.07, 6.45) is 9.75. The lowest BCUT2D eigenvalue weighted by molar-refractivity contribution is -0.670. The van der Waals surface area contributed by atoms with Crippen molar-refractivity contribution in [1.29, 1.82) is 0 Å². The standard InChI is InChI=1S/C27H22N4/c1-28-14-19-11-18-7-3-4-8-20(18)23-12-24-21-9-5-6-10-22(21)27-15-29(2)17-31(27)26(24)13-25(23)30(19)16-28/h3-10,12-17H,11H2,1-2H3/q+2. The summed E-state index contributed by atoms with van der Waals surface area (Å²) in [7, 11) is 4.20. The Labute approximate surface area is 179 Å². The normalized spacial score (nSPS) is 12.7. The van der Waals surface area contributed by atoms with Crippen LogP contribution in [0.25, 0.3) is 44.0 Å². The summed E-state index contributed by atoms with van der Waals surface area (Å²) in [5.74, 6) is 0. The Bertz CT molecular complexity index is 1680. The fourth-order valence-corrected chi connectivity index (χ4v) is 5.34. The average Bonchev–Trinajstić information content (AvgIpc) is 3.32. The van der Waals surface area contributed by atoms with Crippen molar-refractivity contribution in [3.63, 3.8) is 0 Å². The second-order valence-electron chi connectivity index (χ2n) is 8.70. The van der Waals surface area contributed by atoms with Gasteiger partial charge in [-0.05, 0) is 28.6 Å². The van der Waals surface area contributed by atoms with Crippen LogP contribution in [0.3, 0.4) is 0 Å². The van der Waals surface area contributed by atoms with E-state index >= 15 is 0 Å². The molecule has 1 aliphatic heterocycles. The van der Waals surface area contributed by atoms with E-state index in [-0.39, 0.29) is 0 Å². The highest BCUT2D eigenvalue weighted by Crippen LogP contribution is 2.39. The van der Waals surface area contributed by atoms with E-state index in [4.69, 9.17) is 0 Å². The Balaban J connectivity index is 1.73. The lowest BCUT2D eigenvalue weighted by atomic mass is 9.94. The van der Waals surface area contributed by atoms with E-state index in [9.17, 15) is 0 Å². The maximum Gasteiger partial charge on any atom is 0.249 e. The third-order valence-corrected chi connectivity index (χ3v) is 6.65. The van der Waals surface area contributed by atoms with E-state index in [2.05, 4.69) is 118 Å². The molecule has 0 N–H and O–H groups in total. The molecule has 0 spiro atoms. The van der Waals surface area contributed by atoms with E-state index in [1.165, 1.54) is 55.3 Å². The summed E-state index contributed by atoms with van der Waals surface area (Å²) < 4.78 is 8.99. The Morgan fingerprint density at radius 1 is 0.710 bits per heavy atom. The zero-order chi connectivity index (χ0) is 20.7. The smallest absolute Gasteiger partial charge is 0.239 e. The van der Waals surface area contributed by atoms with E-state index < -0.39 is 0 Å². The predicted octanol–water partition coefficient (Wildman–Crippen LogP) is 4.26. The zero-order valence-corrected chi connectivity index (χ0v) is 17.6. The van der Waals surface area contributed by atoms with E-state index in [0.29, 0.717) is 0 Å². The third-order valence-electron chi connectivity index (χ3n) is 6.65. The van der Waals surface area contributed by atoms with Gasteiger partial charge >= 0.3 is 0 Å². The number of benzene rings is 3. The summed E-state index contributed by atoms with van der Waals surface area (Å²) in [5, 5.41) is 3.87. The van der Waals surface area contributed by atoms with Crippen LogP contribution in [0.1, 0.15) is 11.3 Å². The first-order valence-electron chi connectivity index (χ1n) is 10.7. The van der Waals surface area contributed by atoms with Gasteiger partial charge in [-0.1, -0.05) is 42.5 Å². The number of aromatic nitrogens is 4. The van der Waals surface area contributed by atoms with Crippen molar-refractivity contribution < 1.29 is 9.13 Å². The van der Waals surface area contributed by atoms with Gasteiger partial charge in [0.15, 0.2) is 11.2 Å². The Morgan fingerprint density at radius 3 is 2.39 bits per heavy atom. The minimum atomic E-state index is 0.927. The van der Waals surface area contributed by atoms with E-state index in [1.54, 1.807) is 0 Å². The Morgan fingerprint density at radius 2 is 1.48 bits per heavy atom. The number of hydrogen-bond acceptors (Lipinski definition) is 0. The van der Waals surface area contributed by atoms with Gasteiger partial charge in [0.25, 0.3) is 0 Å². The predicted molar refractivity (Wildman–Crippen MR) is 122 cm³/mol. The number of aryl methyl sites for hydroxylation is 2. The number of rotatable bonds is 0. The number of imidazole rings is 2. The van der Waals surface area contributed by atoms with Crippen molar-refractivity contribution in [3.8, 4) is 16.8 Å². The molecule has 3 aromatic heterocycles. The van der Waals surface area contributed by atoms with Gasteiger partial charge in [0.1, 0.15) is 23.6 Å². The first kappa shape index (κ1) is 16.8. The van der Waals surface area contributed by atoms with Crippen molar-refractivity contribution in [3.05, 3.63) is 97.0 Å². The van der Waals surface area contributed by atoms with Crippen LogP contribution < -0.4 is 9.13 Å². The Kier molecular flexibility index (Phi) is 3.16. The topological polar surface area (TPSA) is 17.1 Å². The van der Waals surface area contributed by atoms with Crippen molar-refractivity contribution >= 4 is 27.2 Å². The molecular formula is C27H22N4+2. The second-order valence-corrected chi connectivity index (χ2v) is 8.70. The van der Waals surface area contributed by atoms with Crippen molar-refractivity contribution in [2.45, 2.75) is 6.42 Å². The molecule has 7 rings (SSSR count). The average molecular weight is 403 g/mol. The van der Waals surface area contributed by atoms with Gasteiger partial charge < -0.3 is 0 Å². The van der Waals surface area contributed by atoms with Crippen molar-refractivity contribution in [2.24, 2.45) is 14.1 Å². The van der Waals surface area contributed by atoms with Crippen LogP contribution in [0, 0.1) is 0 Å². The molecule has 4 nitrogen and oxygen atoms in total. The zero-order valence-electron chi connectivity index (χ0n) is 17.6. The molecular weight excluding hydrogens is 380 g/mol. The van der Waals surface area contributed by atoms with Crippen molar-refractivity contribution in [1.82, 2.24) is 8.97 Å². The molecule has 148 valence electrons. The number of hydrogen-bond donors (Lipinski definition) is 0. The molecule has 3 aromatic carbocycles. The molecule has 4 heterocycles. The molecule has 31 heavy (non-hydrogen) atoms. The van der Waals surface area contributed by atoms with Gasteiger partial charge in [-0.2, -0.15) is 8.97 Å². The van der Waals surface area contributed by atoms with Crippen LogP contribution in [0.4, 0.5) is 0 Å². The second kappa shape index (κ2) is 5.82. The molecule has 0 fully saturated rings. The van der Waals surface area contributed by atoms with E-state index in [0.717, 1.165) is 6.42 Å². The Hall–Kier alpha value is -3.92. The minimum absolute atomic E-state index is 0.927. The van der Waals surface area contributed by atoms with Gasteiger partial charge in [0.05, 0.1) is 14.1 Å². The van der Waals surface area contributed by atoms with E-state index in [1.807, 2.05) is 0 Å². The molecule has 6 aromatic rings. The maximum absolute atomic E-state index is 2.40. The third kappa shape index (κ3) is 2.24.